The minimum Gasteiger partial charge on any atom is -0.366 e. The van der Waals surface area contributed by atoms with Crippen LogP contribution in [0.15, 0.2) is 42.5 Å². The fourth-order valence-corrected chi connectivity index (χ4v) is 3.32. The number of halogens is 1. The van der Waals surface area contributed by atoms with Gasteiger partial charge in [0, 0.05) is 18.7 Å². The summed E-state index contributed by atoms with van der Waals surface area (Å²) in [6.45, 7) is 2.31. The second kappa shape index (κ2) is 6.20. The molecule has 24 heavy (non-hydrogen) atoms. The van der Waals surface area contributed by atoms with Gasteiger partial charge in [-0.25, -0.2) is 8.91 Å². The predicted molar refractivity (Wildman–Crippen MR) is 92.2 cm³/mol. The fraction of sp³-hybridized carbons (Fsp3) is 0.333. The quantitative estimate of drug-likeness (QED) is 0.804. The van der Waals surface area contributed by atoms with Crippen LogP contribution in [0, 0.1) is 0 Å². The number of piperidine rings is 1. The van der Waals surface area contributed by atoms with Crippen LogP contribution in [0.4, 0.5) is 10.3 Å². The van der Waals surface area contributed by atoms with Gasteiger partial charge in [0.2, 0.25) is 5.95 Å². The highest BCUT2D eigenvalue weighted by Gasteiger charge is 2.19. The Bertz CT molecular complexity index is 842. The van der Waals surface area contributed by atoms with Crippen molar-refractivity contribution in [3.05, 3.63) is 48.0 Å². The van der Waals surface area contributed by atoms with Crippen LogP contribution in [0.3, 0.4) is 0 Å². The molecule has 0 aliphatic carbocycles. The largest absolute Gasteiger partial charge is 0.366 e. The van der Waals surface area contributed by atoms with Gasteiger partial charge in [-0.3, -0.25) is 4.90 Å². The lowest BCUT2D eigenvalue weighted by molar-refractivity contribution is 0.133. The summed E-state index contributed by atoms with van der Waals surface area (Å²) < 4.78 is 15.3. The van der Waals surface area contributed by atoms with Crippen molar-refractivity contribution in [2.45, 2.75) is 25.6 Å². The number of hydrogen-bond donors (Lipinski definition) is 1. The number of hydrogen-bond acceptors (Lipinski definition) is 4. The van der Waals surface area contributed by atoms with Gasteiger partial charge in [-0.15, -0.1) is 5.10 Å². The number of nitrogen functional groups attached to an aromatic ring is 1. The molecular formula is C18H20FN5. The third-order valence-electron chi connectivity index (χ3n) is 4.48. The number of anilines is 1. The van der Waals surface area contributed by atoms with Crippen molar-refractivity contribution in [2.24, 2.45) is 0 Å². The summed E-state index contributed by atoms with van der Waals surface area (Å²) >= 11 is 0. The van der Waals surface area contributed by atoms with Crippen molar-refractivity contribution in [2.75, 3.05) is 18.8 Å². The van der Waals surface area contributed by atoms with E-state index in [-0.39, 0.29) is 5.95 Å². The Labute approximate surface area is 139 Å². The smallest absolute Gasteiger partial charge is 0.240 e. The van der Waals surface area contributed by atoms with Crippen molar-refractivity contribution in [1.29, 1.82) is 0 Å². The van der Waals surface area contributed by atoms with Crippen LogP contribution in [-0.2, 0) is 6.54 Å². The fourth-order valence-electron chi connectivity index (χ4n) is 3.32. The summed E-state index contributed by atoms with van der Waals surface area (Å²) in [5, 5.41) is 4.25. The van der Waals surface area contributed by atoms with E-state index in [0.29, 0.717) is 13.0 Å². The predicted octanol–water partition coefficient (Wildman–Crippen LogP) is 2.91. The van der Waals surface area contributed by atoms with Gasteiger partial charge >= 0.3 is 0 Å². The molecular weight excluding hydrogens is 305 g/mol. The Kier molecular flexibility index (Phi) is 3.90. The first-order valence-corrected chi connectivity index (χ1v) is 8.26. The highest BCUT2D eigenvalue weighted by atomic mass is 19.1. The first kappa shape index (κ1) is 15.1. The van der Waals surface area contributed by atoms with E-state index in [1.807, 2.05) is 18.2 Å². The summed E-state index contributed by atoms with van der Waals surface area (Å²) in [6.07, 6.45) is 0.948. The molecule has 3 aromatic rings. The first-order valence-electron chi connectivity index (χ1n) is 8.26. The van der Waals surface area contributed by atoms with Crippen molar-refractivity contribution < 1.29 is 4.39 Å². The number of fused-ring (bicyclic) bond motifs is 1. The molecule has 5 nitrogen and oxygen atoms in total. The standard InChI is InChI=1S/C18H20FN5/c19-15-3-2-10-23(12-15)11-13-6-8-14(9-7-13)16-4-1-5-17-21-18(20)22-24(16)17/h1,4-9,15H,2-3,10-12H2,(H2,20,22). The van der Waals surface area contributed by atoms with Crippen LogP contribution < -0.4 is 5.73 Å². The lowest BCUT2D eigenvalue weighted by Gasteiger charge is -2.28. The minimum absolute atomic E-state index is 0.268. The molecule has 1 aromatic carbocycles. The van der Waals surface area contributed by atoms with Crippen molar-refractivity contribution in [1.82, 2.24) is 19.5 Å². The zero-order valence-corrected chi connectivity index (χ0v) is 13.4. The van der Waals surface area contributed by atoms with E-state index in [0.717, 1.165) is 36.4 Å². The van der Waals surface area contributed by atoms with E-state index in [9.17, 15) is 4.39 Å². The third kappa shape index (κ3) is 2.97. The zero-order valence-electron chi connectivity index (χ0n) is 13.4. The molecule has 1 aliphatic rings. The second-order valence-electron chi connectivity index (χ2n) is 6.32. The molecule has 0 saturated carbocycles. The van der Waals surface area contributed by atoms with Crippen LogP contribution in [0.5, 0.6) is 0 Å². The molecule has 1 fully saturated rings. The van der Waals surface area contributed by atoms with Crippen LogP contribution in [0.1, 0.15) is 18.4 Å². The van der Waals surface area contributed by atoms with Crippen molar-refractivity contribution in [3.8, 4) is 11.3 Å². The highest BCUT2D eigenvalue weighted by molar-refractivity contribution is 5.63. The highest BCUT2D eigenvalue weighted by Crippen LogP contribution is 2.22. The summed E-state index contributed by atoms with van der Waals surface area (Å²) in [5.41, 5.74) is 9.62. The van der Waals surface area contributed by atoms with Gasteiger partial charge in [-0.05, 0) is 37.1 Å². The number of nitrogens with two attached hydrogens (primary N) is 1. The average molecular weight is 325 g/mol. The van der Waals surface area contributed by atoms with Crippen LogP contribution in [0.2, 0.25) is 0 Å². The molecule has 4 rings (SSSR count). The molecule has 1 aliphatic heterocycles. The molecule has 0 radical (unpaired) electrons. The molecule has 0 spiro atoms. The number of benzene rings is 1. The van der Waals surface area contributed by atoms with Gasteiger partial charge < -0.3 is 5.73 Å². The summed E-state index contributed by atoms with van der Waals surface area (Å²) in [7, 11) is 0. The summed E-state index contributed by atoms with van der Waals surface area (Å²) in [4.78, 5) is 6.37. The van der Waals surface area contributed by atoms with E-state index >= 15 is 0 Å². The number of aromatic nitrogens is 3. The maximum absolute atomic E-state index is 13.5. The Hall–Kier alpha value is -2.47. The summed E-state index contributed by atoms with van der Waals surface area (Å²) in [6, 6.07) is 14.1. The van der Waals surface area contributed by atoms with E-state index in [1.165, 1.54) is 5.56 Å². The van der Waals surface area contributed by atoms with Gasteiger partial charge in [0.1, 0.15) is 6.17 Å². The second-order valence-corrected chi connectivity index (χ2v) is 6.32. The van der Waals surface area contributed by atoms with Crippen molar-refractivity contribution in [3.63, 3.8) is 0 Å². The van der Waals surface area contributed by atoms with E-state index < -0.39 is 6.17 Å². The topological polar surface area (TPSA) is 59.5 Å². The van der Waals surface area contributed by atoms with Gasteiger partial charge in [0.25, 0.3) is 0 Å². The minimum atomic E-state index is -0.687. The van der Waals surface area contributed by atoms with Crippen LogP contribution >= 0.6 is 0 Å². The maximum atomic E-state index is 13.5. The molecule has 0 bridgehead atoms. The zero-order chi connectivity index (χ0) is 16.5. The Morgan fingerprint density at radius 3 is 2.79 bits per heavy atom. The third-order valence-corrected chi connectivity index (χ3v) is 4.48. The Balaban J connectivity index is 1.57. The van der Waals surface area contributed by atoms with E-state index in [2.05, 4.69) is 39.2 Å². The molecule has 2 N–H and O–H groups in total. The first-order chi connectivity index (χ1) is 11.7. The molecule has 124 valence electrons. The SMILES string of the molecule is Nc1nc2cccc(-c3ccc(CN4CCCC(F)C4)cc3)n2n1. The number of pyridine rings is 1. The van der Waals surface area contributed by atoms with E-state index in [4.69, 9.17) is 5.73 Å². The average Bonchev–Trinajstić information content (AvgIpc) is 2.96. The number of likely N-dealkylation sites (tertiary alicyclic amines) is 1. The molecule has 2 aromatic heterocycles. The van der Waals surface area contributed by atoms with Gasteiger partial charge in [0.15, 0.2) is 5.65 Å². The number of rotatable bonds is 3. The Morgan fingerprint density at radius 1 is 1.17 bits per heavy atom. The molecule has 3 heterocycles. The maximum Gasteiger partial charge on any atom is 0.240 e. The van der Waals surface area contributed by atoms with Gasteiger partial charge in [0.05, 0.1) is 5.69 Å². The van der Waals surface area contributed by atoms with Crippen molar-refractivity contribution >= 4 is 11.6 Å². The normalized spacial score (nSPS) is 19.0. The molecule has 1 atom stereocenters. The lowest BCUT2D eigenvalue weighted by atomic mass is 10.1. The van der Waals surface area contributed by atoms with Crippen LogP contribution in [-0.4, -0.2) is 38.8 Å². The van der Waals surface area contributed by atoms with Gasteiger partial charge in [-0.1, -0.05) is 30.3 Å². The Morgan fingerprint density at radius 2 is 2.00 bits per heavy atom. The number of nitrogens with zero attached hydrogens (tertiary/aromatic N) is 4. The summed E-state index contributed by atoms with van der Waals surface area (Å²) in [5.74, 6) is 0.268. The van der Waals surface area contributed by atoms with E-state index in [1.54, 1.807) is 4.52 Å². The molecule has 1 saturated heterocycles. The van der Waals surface area contributed by atoms with Crippen LogP contribution in [0.25, 0.3) is 16.9 Å². The molecule has 0 amide bonds. The molecule has 6 heteroatoms. The van der Waals surface area contributed by atoms with Gasteiger partial charge in [-0.2, -0.15) is 4.98 Å². The number of alkyl halides is 1. The monoisotopic (exact) mass is 325 g/mol. The lowest BCUT2D eigenvalue weighted by Crippen LogP contribution is -2.35. The molecule has 1 unspecified atom stereocenters.